The Kier molecular flexibility index (Phi) is 8.67. The second-order valence-corrected chi connectivity index (χ2v) is 18.0. The lowest BCUT2D eigenvalue weighted by Gasteiger charge is -2.42. The summed E-state index contributed by atoms with van der Waals surface area (Å²) in [5.74, 6) is 1.57. The molecular formula is C38H46N8O2S2. The average molecular weight is 711 g/mol. The van der Waals surface area contributed by atoms with E-state index in [1.54, 1.807) is 4.90 Å². The number of rotatable bonds is 10. The SMILES string of the molecule is C=CC(=O)N1CCN(c2nc(OCC3S[C@]3(C)N(C)C3S[C@@]3(C)C3CCC3)nc3c2CCN(c2cncc4cccc(C)c24)C3)C[C@@H]1CC#N. The van der Waals surface area contributed by atoms with Crippen molar-refractivity contribution in [2.24, 2.45) is 5.92 Å². The van der Waals surface area contributed by atoms with Crippen LogP contribution in [0, 0.1) is 24.2 Å². The van der Waals surface area contributed by atoms with Crippen LogP contribution in [0.4, 0.5) is 11.5 Å². The van der Waals surface area contributed by atoms with Crippen LogP contribution in [0.3, 0.4) is 0 Å². The van der Waals surface area contributed by atoms with Crippen molar-refractivity contribution in [3.63, 3.8) is 0 Å². The summed E-state index contributed by atoms with van der Waals surface area (Å²) in [5, 5.41) is 12.9. The zero-order valence-corrected chi connectivity index (χ0v) is 31.1. The summed E-state index contributed by atoms with van der Waals surface area (Å²) in [6.07, 6.45) is 10.4. The number of thioether (sulfide) groups is 2. The van der Waals surface area contributed by atoms with Gasteiger partial charge in [-0.15, -0.1) is 23.5 Å². The second-order valence-electron chi connectivity index (χ2n) is 14.8. The zero-order valence-electron chi connectivity index (χ0n) is 29.5. The number of amides is 1. The Morgan fingerprint density at radius 1 is 1.18 bits per heavy atom. The fourth-order valence-corrected chi connectivity index (χ4v) is 11.2. The molecule has 4 fully saturated rings. The number of nitriles is 1. The van der Waals surface area contributed by atoms with Crippen LogP contribution in [-0.2, 0) is 17.8 Å². The molecule has 6 heterocycles. The van der Waals surface area contributed by atoms with Crippen LogP contribution in [0.5, 0.6) is 6.01 Å². The quantitative estimate of drug-likeness (QED) is 0.189. The van der Waals surface area contributed by atoms with Gasteiger partial charge in [0.25, 0.3) is 0 Å². The first-order chi connectivity index (χ1) is 24.1. The van der Waals surface area contributed by atoms with Crippen molar-refractivity contribution in [3.8, 4) is 12.1 Å². The molecule has 10 nitrogen and oxygen atoms in total. The Morgan fingerprint density at radius 2 is 2.02 bits per heavy atom. The van der Waals surface area contributed by atoms with Crippen LogP contribution in [-0.4, -0.2) is 96.8 Å². The molecule has 0 radical (unpaired) electrons. The van der Waals surface area contributed by atoms with Crippen molar-refractivity contribution in [2.75, 3.05) is 49.6 Å². The third-order valence-electron chi connectivity index (χ3n) is 12.0. The molecule has 0 spiro atoms. The third-order valence-corrected chi connectivity index (χ3v) is 15.5. The molecular weight excluding hydrogens is 665 g/mol. The van der Waals surface area contributed by atoms with E-state index in [1.807, 2.05) is 24.2 Å². The lowest BCUT2D eigenvalue weighted by Crippen LogP contribution is -2.55. The van der Waals surface area contributed by atoms with Gasteiger partial charge in [-0.2, -0.15) is 15.2 Å². The molecule has 8 rings (SSSR count). The summed E-state index contributed by atoms with van der Waals surface area (Å²) in [5.41, 5.74) is 4.40. The van der Waals surface area contributed by atoms with Crippen molar-refractivity contribution in [3.05, 3.63) is 60.1 Å². The molecule has 4 aliphatic heterocycles. The molecule has 2 unspecified atom stereocenters. The fourth-order valence-electron chi connectivity index (χ4n) is 8.38. The topological polar surface area (TPSA) is 102 Å². The maximum absolute atomic E-state index is 12.7. The molecule has 0 bridgehead atoms. The second kappa shape index (κ2) is 12.9. The van der Waals surface area contributed by atoms with E-state index in [0.717, 1.165) is 47.0 Å². The van der Waals surface area contributed by atoms with Gasteiger partial charge in [-0.05, 0) is 64.6 Å². The highest BCUT2D eigenvalue weighted by molar-refractivity contribution is 8.09. The normalized spacial score (nSPS) is 29.0. The van der Waals surface area contributed by atoms with E-state index in [-0.39, 0.29) is 23.2 Å². The number of hydrogen-bond acceptors (Lipinski definition) is 11. The number of aromatic nitrogens is 3. The number of piperazine rings is 1. The predicted molar refractivity (Wildman–Crippen MR) is 202 cm³/mol. The van der Waals surface area contributed by atoms with E-state index in [4.69, 9.17) is 14.7 Å². The molecule has 1 amide bonds. The first kappa shape index (κ1) is 33.6. The van der Waals surface area contributed by atoms with Gasteiger partial charge in [0.15, 0.2) is 0 Å². The third kappa shape index (κ3) is 5.79. The first-order valence-corrected chi connectivity index (χ1v) is 19.6. The van der Waals surface area contributed by atoms with E-state index in [1.165, 1.54) is 36.3 Å². The zero-order chi connectivity index (χ0) is 34.8. The molecule has 1 aromatic carbocycles. The van der Waals surface area contributed by atoms with Crippen molar-refractivity contribution in [1.82, 2.24) is 24.8 Å². The highest BCUT2D eigenvalue weighted by Crippen LogP contribution is 2.68. The number of carbonyl (C=O) groups excluding carboxylic acids is 1. The van der Waals surface area contributed by atoms with Gasteiger partial charge in [-0.1, -0.05) is 31.2 Å². The minimum Gasteiger partial charge on any atom is -0.462 e. The van der Waals surface area contributed by atoms with Crippen LogP contribution >= 0.6 is 23.5 Å². The van der Waals surface area contributed by atoms with Crippen LogP contribution in [0.25, 0.3) is 10.8 Å². The number of aryl methyl sites for hydroxylation is 1. The van der Waals surface area contributed by atoms with Gasteiger partial charge < -0.3 is 19.4 Å². The number of pyridine rings is 1. The molecule has 2 aromatic heterocycles. The Bertz CT molecular complexity index is 1880. The monoisotopic (exact) mass is 710 g/mol. The van der Waals surface area contributed by atoms with Crippen LogP contribution in [0.15, 0.2) is 43.2 Å². The number of nitrogens with zero attached hydrogens (tertiary/aromatic N) is 8. The highest BCUT2D eigenvalue weighted by atomic mass is 32.2. The highest BCUT2D eigenvalue weighted by Gasteiger charge is 2.66. The Balaban J connectivity index is 1.06. The molecule has 0 N–H and O–H groups in total. The van der Waals surface area contributed by atoms with Gasteiger partial charge >= 0.3 is 6.01 Å². The summed E-state index contributed by atoms with van der Waals surface area (Å²) < 4.78 is 6.91. The summed E-state index contributed by atoms with van der Waals surface area (Å²) in [4.78, 5) is 36.4. The number of hydrogen-bond donors (Lipinski definition) is 0. The molecule has 1 aliphatic carbocycles. The molecule has 5 aliphatic rings. The molecule has 12 heteroatoms. The predicted octanol–water partition coefficient (Wildman–Crippen LogP) is 5.79. The number of anilines is 2. The van der Waals surface area contributed by atoms with Crippen molar-refractivity contribution >= 4 is 51.7 Å². The van der Waals surface area contributed by atoms with Crippen LogP contribution in [0.1, 0.15) is 56.4 Å². The molecule has 3 saturated heterocycles. The van der Waals surface area contributed by atoms with E-state index in [2.05, 4.69) is 90.1 Å². The number of fused-ring (bicyclic) bond motifs is 2. The Labute approximate surface area is 303 Å². The van der Waals surface area contributed by atoms with Crippen LogP contribution < -0.4 is 14.5 Å². The van der Waals surface area contributed by atoms with Gasteiger partial charge in [0.05, 0.1) is 58.1 Å². The van der Waals surface area contributed by atoms with E-state index < -0.39 is 0 Å². The van der Waals surface area contributed by atoms with E-state index >= 15 is 0 Å². The number of carbonyl (C=O) groups is 1. The minimum absolute atomic E-state index is 0.0325. The summed E-state index contributed by atoms with van der Waals surface area (Å²) in [7, 11) is 2.29. The maximum atomic E-state index is 12.7. The minimum atomic E-state index is -0.246. The average Bonchev–Trinajstić information content (AvgIpc) is 3.98. The molecule has 1 saturated carbocycles. The molecule has 5 atom stereocenters. The first-order valence-electron chi connectivity index (χ1n) is 17.9. The van der Waals surface area contributed by atoms with Crippen molar-refractivity contribution in [1.29, 1.82) is 5.26 Å². The molecule has 262 valence electrons. The number of benzene rings is 1. The van der Waals surface area contributed by atoms with E-state index in [0.29, 0.717) is 54.2 Å². The van der Waals surface area contributed by atoms with Gasteiger partial charge in [-0.25, -0.2) is 0 Å². The summed E-state index contributed by atoms with van der Waals surface area (Å²) >= 11 is 4.11. The van der Waals surface area contributed by atoms with Gasteiger partial charge in [0, 0.05) is 53.5 Å². The Hall–Kier alpha value is -3.53. The standard InChI is InChI=1S/C38H46N8O2S2/c1-6-32(47)46-18-17-45(21-27(46)13-15-39)34-28-14-16-44(30-20-40-19-25-10-7-9-24(2)33(25)30)22-29(28)41-36(42-34)48-23-31-38(4,49-31)43(5)35-37(3,50-35)26-11-8-12-26/h6-7,9-10,19-20,26-27,31,35H,1,8,11-14,16-18,21-23H2,2-5H3/t27-,31?,35?,37-,38-/m0/s1. The largest absolute Gasteiger partial charge is 0.462 e. The van der Waals surface area contributed by atoms with Crippen LogP contribution in [0.2, 0.25) is 0 Å². The van der Waals surface area contributed by atoms with Gasteiger partial charge in [0.2, 0.25) is 5.91 Å². The summed E-state index contributed by atoms with van der Waals surface area (Å²) in [6, 6.07) is 8.79. The van der Waals surface area contributed by atoms with Crippen molar-refractivity contribution < 1.29 is 9.53 Å². The van der Waals surface area contributed by atoms with E-state index in [9.17, 15) is 10.1 Å². The maximum Gasteiger partial charge on any atom is 0.318 e. The molecule has 3 aromatic rings. The fraction of sp³-hybridized carbons (Fsp3) is 0.553. The van der Waals surface area contributed by atoms with Crippen molar-refractivity contribution in [2.45, 2.75) is 85.7 Å². The van der Waals surface area contributed by atoms with Gasteiger partial charge in [0.1, 0.15) is 12.4 Å². The molecule has 50 heavy (non-hydrogen) atoms. The lowest BCUT2D eigenvalue weighted by atomic mass is 9.76. The Morgan fingerprint density at radius 3 is 2.78 bits per heavy atom. The number of ether oxygens (including phenoxy) is 1. The smallest absolute Gasteiger partial charge is 0.318 e. The van der Waals surface area contributed by atoms with Gasteiger partial charge in [-0.3, -0.25) is 14.7 Å². The lowest BCUT2D eigenvalue weighted by molar-refractivity contribution is -0.128. The summed E-state index contributed by atoms with van der Waals surface area (Å²) in [6.45, 7) is 14.2.